The Labute approximate surface area is 172 Å². The molecule has 0 radical (unpaired) electrons. The molecule has 1 aliphatic carbocycles. The number of aliphatic hydroxyl groups is 1. The van der Waals surface area contributed by atoms with E-state index in [4.69, 9.17) is 9.47 Å². The fourth-order valence-electron chi connectivity index (χ4n) is 3.62. The fourth-order valence-corrected chi connectivity index (χ4v) is 3.62. The molecule has 30 heavy (non-hydrogen) atoms. The zero-order valence-corrected chi connectivity index (χ0v) is 16.3. The van der Waals surface area contributed by atoms with Crippen LogP contribution in [0.3, 0.4) is 0 Å². The number of aliphatic hydroxyl groups excluding tert-OH is 1. The zero-order chi connectivity index (χ0) is 21.8. The first-order valence-electron chi connectivity index (χ1n) is 9.01. The molecule has 0 saturated heterocycles. The molecule has 0 heterocycles. The van der Waals surface area contributed by atoms with Crippen LogP contribution in [0.5, 0.6) is 0 Å². The second-order valence-electron chi connectivity index (χ2n) is 6.57. The molecule has 2 aromatic carbocycles. The summed E-state index contributed by atoms with van der Waals surface area (Å²) < 4.78 is 9.60. The fraction of sp³-hybridized carbons (Fsp3) is 0.182. The summed E-state index contributed by atoms with van der Waals surface area (Å²) in [4.78, 5) is 25.1. The first kappa shape index (κ1) is 21.3. The molecule has 8 heteroatoms. The number of hydroxylamine groups is 2. The molecule has 0 saturated carbocycles. The number of benzene rings is 2. The molecule has 0 spiro atoms. The number of hydrogen-bond acceptors (Lipinski definition) is 8. The number of esters is 2. The molecule has 2 atom stereocenters. The number of carbonyl (C=O) groups is 2. The molecule has 1 aliphatic rings. The van der Waals surface area contributed by atoms with Crippen molar-refractivity contribution in [2.75, 3.05) is 14.2 Å². The number of rotatable bonds is 5. The van der Waals surface area contributed by atoms with Gasteiger partial charge in [-0.15, -0.1) is 0 Å². The average Bonchev–Trinajstić information content (AvgIpc) is 2.88. The molecule has 8 nitrogen and oxygen atoms in total. The third-order valence-corrected chi connectivity index (χ3v) is 4.96. The highest BCUT2D eigenvalue weighted by Gasteiger charge is 2.40. The van der Waals surface area contributed by atoms with Crippen LogP contribution in [0.4, 0.5) is 0 Å². The van der Waals surface area contributed by atoms with Crippen molar-refractivity contribution in [3.63, 3.8) is 0 Å². The lowest BCUT2D eigenvalue weighted by molar-refractivity contribution is -0.137. The lowest BCUT2D eigenvalue weighted by Gasteiger charge is -2.38. The molecule has 2 aromatic rings. The Bertz CT molecular complexity index is 1010. The Morgan fingerprint density at radius 3 is 2.20 bits per heavy atom. The maximum absolute atomic E-state index is 12.7. The molecular formula is C22H20NO7-. The number of methoxy groups -OCH3 is 2. The maximum atomic E-state index is 12.7. The number of nitrogens with zero attached hydrogens (tertiary/aromatic N) is 1. The van der Waals surface area contributed by atoms with E-state index >= 15 is 0 Å². The van der Waals surface area contributed by atoms with Crippen molar-refractivity contribution in [3.05, 3.63) is 93.4 Å². The topological polar surface area (TPSA) is 119 Å². The third-order valence-electron chi connectivity index (χ3n) is 4.96. The number of ether oxygens (including phenoxy) is 2. The minimum Gasteiger partial charge on any atom is -0.762 e. The normalized spacial score (nSPS) is 17.0. The van der Waals surface area contributed by atoms with Gasteiger partial charge in [0.2, 0.25) is 0 Å². The molecule has 3 rings (SSSR count). The Hall–Kier alpha value is -3.46. The van der Waals surface area contributed by atoms with Crippen LogP contribution < -0.4 is 0 Å². The van der Waals surface area contributed by atoms with Crippen LogP contribution in [0.2, 0.25) is 0 Å². The van der Waals surface area contributed by atoms with Crippen molar-refractivity contribution in [2.45, 2.75) is 12.0 Å². The highest BCUT2D eigenvalue weighted by Crippen LogP contribution is 2.45. The van der Waals surface area contributed by atoms with Gasteiger partial charge in [-0.3, -0.25) is 5.23 Å². The first-order valence-corrected chi connectivity index (χ1v) is 9.01. The Morgan fingerprint density at radius 2 is 1.60 bits per heavy atom. The van der Waals surface area contributed by atoms with Gasteiger partial charge in [-0.25, -0.2) is 9.59 Å². The van der Waals surface area contributed by atoms with Crippen LogP contribution >= 0.6 is 0 Å². The van der Waals surface area contributed by atoms with Crippen LogP contribution in [0.25, 0.3) is 6.08 Å². The number of hydrogen-bond donors (Lipinski definition) is 2. The van der Waals surface area contributed by atoms with Gasteiger partial charge in [-0.2, -0.15) is 0 Å². The average molecular weight is 410 g/mol. The van der Waals surface area contributed by atoms with Gasteiger partial charge in [0.05, 0.1) is 25.8 Å². The minimum absolute atomic E-state index is 0.268. The summed E-state index contributed by atoms with van der Waals surface area (Å²) in [6.07, 6.45) is 1.37. The highest BCUT2D eigenvalue weighted by molar-refractivity contribution is 6.03. The van der Waals surface area contributed by atoms with Gasteiger partial charge in [-0.05, 0) is 22.8 Å². The SMILES string of the molecule is COC(=O)C1=Cc2ccccc2[C@@H]([C@@H](c2ccccc2)N([O-])O)C(C(=O)OC)=C1O. The Morgan fingerprint density at radius 1 is 1.00 bits per heavy atom. The Kier molecular flexibility index (Phi) is 6.31. The van der Waals surface area contributed by atoms with Gasteiger partial charge in [0.1, 0.15) is 11.3 Å². The van der Waals surface area contributed by atoms with E-state index < -0.39 is 29.7 Å². The van der Waals surface area contributed by atoms with Crippen LogP contribution in [-0.4, -0.2) is 41.7 Å². The second-order valence-corrected chi connectivity index (χ2v) is 6.57. The lowest BCUT2D eigenvalue weighted by Crippen LogP contribution is -2.30. The van der Waals surface area contributed by atoms with Crippen molar-refractivity contribution >= 4 is 18.0 Å². The van der Waals surface area contributed by atoms with Gasteiger partial charge in [0.25, 0.3) is 0 Å². The molecule has 0 fully saturated rings. The summed E-state index contributed by atoms with van der Waals surface area (Å²) in [5.41, 5.74) is 0.687. The van der Waals surface area contributed by atoms with E-state index in [9.17, 15) is 25.1 Å². The first-order chi connectivity index (χ1) is 14.4. The molecule has 0 amide bonds. The van der Waals surface area contributed by atoms with Crippen molar-refractivity contribution in [1.29, 1.82) is 0 Å². The monoisotopic (exact) mass is 410 g/mol. The quantitative estimate of drug-likeness (QED) is 0.569. The summed E-state index contributed by atoms with van der Waals surface area (Å²) in [6, 6.07) is 13.7. The third kappa shape index (κ3) is 3.84. The predicted octanol–water partition coefficient (Wildman–Crippen LogP) is 3.26. The minimum atomic E-state index is -1.31. The number of fused-ring (bicyclic) bond motifs is 1. The maximum Gasteiger partial charge on any atom is 0.341 e. The van der Waals surface area contributed by atoms with Gasteiger partial charge < -0.3 is 25.0 Å². The molecule has 0 unspecified atom stereocenters. The van der Waals surface area contributed by atoms with E-state index in [1.807, 2.05) is 0 Å². The predicted molar refractivity (Wildman–Crippen MR) is 107 cm³/mol. The van der Waals surface area contributed by atoms with Crippen LogP contribution in [0, 0.1) is 5.21 Å². The zero-order valence-electron chi connectivity index (χ0n) is 16.3. The van der Waals surface area contributed by atoms with Crippen molar-refractivity contribution in [3.8, 4) is 0 Å². The van der Waals surface area contributed by atoms with E-state index in [0.29, 0.717) is 16.7 Å². The molecule has 0 aliphatic heterocycles. The van der Waals surface area contributed by atoms with Gasteiger partial charge in [0, 0.05) is 5.92 Å². The largest absolute Gasteiger partial charge is 0.762 e. The van der Waals surface area contributed by atoms with E-state index in [0.717, 1.165) is 14.2 Å². The van der Waals surface area contributed by atoms with Gasteiger partial charge >= 0.3 is 11.9 Å². The van der Waals surface area contributed by atoms with Crippen molar-refractivity contribution < 1.29 is 29.4 Å². The summed E-state index contributed by atoms with van der Waals surface area (Å²) in [5, 5.41) is 33.0. The van der Waals surface area contributed by atoms with E-state index in [2.05, 4.69) is 0 Å². The van der Waals surface area contributed by atoms with Crippen LogP contribution in [0.15, 0.2) is 71.5 Å². The van der Waals surface area contributed by atoms with Crippen molar-refractivity contribution in [1.82, 2.24) is 5.23 Å². The summed E-state index contributed by atoms with van der Waals surface area (Å²) >= 11 is 0. The van der Waals surface area contributed by atoms with E-state index in [1.165, 1.54) is 6.08 Å². The standard InChI is InChI=1S/C22H20NO7/c1-29-21(25)16-12-14-10-6-7-11-15(14)17(18(20(16)24)22(26)30-2)19(23(27)28)13-8-4-3-5-9-13/h3-12,17,19,24,27H,1-2H3/q-1/t17-,19-/m1/s1. The summed E-state index contributed by atoms with van der Waals surface area (Å²) in [6.45, 7) is 0. The number of carbonyl (C=O) groups excluding carboxylic acids is 2. The smallest absolute Gasteiger partial charge is 0.341 e. The van der Waals surface area contributed by atoms with E-state index in [-0.39, 0.29) is 16.4 Å². The van der Waals surface area contributed by atoms with Crippen LogP contribution in [0.1, 0.15) is 28.7 Å². The Balaban J connectivity index is 2.37. The molecule has 156 valence electrons. The van der Waals surface area contributed by atoms with Gasteiger partial charge in [0.15, 0.2) is 0 Å². The summed E-state index contributed by atoms with van der Waals surface area (Å²) in [5.74, 6) is -3.66. The van der Waals surface area contributed by atoms with Crippen molar-refractivity contribution in [2.24, 2.45) is 0 Å². The summed E-state index contributed by atoms with van der Waals surface area (Å²) in [7, 11) is 2.26. The molecular weight excluding hydrogens is 390 g/mol. The lowest BCUT2D eigenvalue weighted by atomic mass is 9.80. The highest BCUT2D eigenvalue weighted by atomic mass is 16.8. The van der Waals surface area contributed by atoms with Gasteiger partial charge in [-0.1, -0.05) is 54.6 Å². The molecule has 2 N–H and O–H groups in total. The molecule has 0 aromatic heterocycles. The van der Waals surface area contributed by atoms with Crippen LogP contribution in [-0.2, 0) is 19.1 Å². The van der Waals surface area contributed by atoms with E-state index in [1.54, 1.807) is 54.6 Å². The molecule has 0 bridgehead atoms. The second kappa shape index (κ2) is 8.91.